The molecule has 1 amide bonds. The minimum absolute atomic E-state index is 0.0139. The molecule has 0 unspecified atom stereocenters. The zero-order chi connectivity index (χ0) is 13.5. The van der Waals surface area contributed by atoms with Crippen molar-refractivity contribution in [1.29, 1.82) is 0 Å². The smallest absolute Gasteiger partial charge is 0.273 e. The molecule has 2 rings (SSSR count). The summed E-state index contributed by atoms with van der Waals surface area (Å²) in [4.78, 5) is 18.2. The summed E-state index contributed by atoms with van der Waals surface area (Å²) in [6, 6.07) is 3.52. The molecule has 5 nitrogen and oxygen atoms in total. The molecule has 0 spiro atoms. The van der Waals surface area contributed by atoms with Crippen molar-refractivity contribution < 1.29 is 14.6 Å². The van der Waals surface area contributed by atoms with Gasteiger partial charge in [0.15, 0.2) is 0 Å². The molecular weight excluding hydrogens is 244 g/mol. The molecule has 1 aliphatic heterocycles. The highest BCUT2D eigenvalue weighted by molar-refractivity contribution is 5.94. The van der Waals surface area contributed by atoms with Gasteiger partial charge < -0.3 is 14.7 Å². The van der Waals surface area contributed by atoms with Crippen molar-refractivity contribution in [3.63, 3.8) is 0 Å². The van der Waals surface area contributed by atoms with Gasteiger partial charge >= 0.3 is 0 Å². The Morgan fingerprint density at radius 3 is 3.00 bits per heavy atom. The number of hydrogen-bond acceptors (Lipinski definition) is 4. The van der Waals surface area contributed by atoms with Crippen molar-refractivity contribution in [3.05, 3.63) is 29.6 Å². The highest BCUT2D eigenvalue weighted by atomic mass is 16.5. The minimum Gasteiger partial charge on any atom is -0.395 e. The van der Waals surface area contributed by atoms with E-state index in [4.69, 9.17) is 9.84 Å². The summed E-state index contributed by atoms with van der Waals surface area (Å²) in [5, 5.41) is 8.72. The largest absolute Gasteiger partial charge is 0.395 e. The minimum atomic E-state index is -0.114. The van der Waals surface area contributed by atoms with Crippen LogP contribution in [0.5, 0.6) is 0 Å². The number of hydrogen-bond donors (Lipinski definition) is 1. The molecular formula is C14H16N2O3. The van der Waals surface area contributed by atoms with Gasteiger partial charge in [-0.05, 0) is 12.1 Å². The summed E-state index contributed by atoms with van der Waals surface area (Å²) >= 11 is 0. The van der Waals surface area contributed by atoms with Crippen molar-refractivity contribution in [2.24, 2.45) is 0 Å². The van der Waals surface area contributed by atoms with E-state index in [1.807, 2.05) is 0 Å². The van der Waals surface area contributed by atoms with Crippen LogP contribution in [0.1, 0.15) is 22.5 Å². The first kappa shape index (κ1) is 13.5. The van der Waals surface area contributed by atoms with E-state index in [0.717, 1.165) is 0 Å². The molecule has 100 valence electrons. The molecule has 5 heteroatoms. The Hall–Kier alpha value is -1.90. The Bertz CT molecular complexity index is 499. The number of rotatable bonds is 2. The average Bonchev–Trinajstić information content (AvgIpc) is 2.48. The molecule has 0 bridgehead atoms. The Morgan fingerprint density at radius 2 is 2.26 bits per heavy atom. The van der Waals surface area contributed by atoms with E-state index >= 15 is 0 Å². The van der Waals surface area contributed by atoms with Gasteiger partial charge in [-0.2, -0.15) is 0 Å². The van der Waals surface area contributed by atoms with Crippen molar-refractivity contribution in [1.82, 2.24) is 9.88 Å². The lowest BCUT2D eigenvalue weighted by molar-refractivity contribution is 0.0299. The number of nitrogens with zero attached hydrogens (tertiary/aromatic N) is 2. The van der Waals surface area contributed by atoms with Gasteiger partial charge in [-0.3, -0.25) is 4.79 Å². The van der Waals surface area contributed by atoms with Gasteiger partial charge in [0.25, 0.3) is 5.91 Å². The normalized spacial score (nSPS) is 14.7. The second-order valence-corrected chi connectivity index (χ2v) is 4.08. The van der Waals surface area contributed by atoms with Crippen LogP contribution in [0.25, 0.3) is 0 Å². The maximum atomic E-state index is 12.3. The van der Waals surface area contributed by atoms with Crippen LogP contribution in [0, 0.1) is 11.8 Å². The molecule has 0 aliphatic carbocycles. The Balaban J connectivity index is 2.19. The molecule has 1 aromatic heterocycles. The molecule has 1 N–H and O–H groups in total. The fourth-order valence-corrected chi connectivity index (χ4v) is 1.81. The summed E-state index contributed by atoms with van der Waals surface area (Å²) in [5.41, 5.74) is 0.974. The van der Waals surface area contributed by atoms with Gasteiger partial charge in [0, 0.05) is 25.7 Å². The number of pyridine rings is 1. The number of ether oxygens (including phenoxy) is 1. The number of morpholine rings is 1. The fourth-order valence-electron chi connectivity index (χ4n) is 1.81. The molecule has 1 aliphatic rings. The predicted molar refractivity (Wildman–Crippen MR) is 69.5 cm³/mol. The topological polar surface area (TPSA) is 62.7 Å². The van der Waals surface area contributed by atoms with Crippen LogP contribution in [0.4, 0.5) is 0 Å². The lowest BCUT2D eigenvalue weighted by Gasteiger charge is -2.26. The summed E-state index contributed by atoms with van der Waals surface area (Å²) in [6.07, 6.45) is 1.98. The summed E-state index contributed by atoms with van der Waals surface area (Å²) in [5.74, 6) is 5.58. The van der Waals surface area contributed by atoms with Crippen molar-refractivity contribution in [3.8, 4) is 11.8 Å². The third-order valence-electron chi connectivity index (χ3n) is 2.77. The maximum absolute atomic E-state index is 12.3. The number of carbonyl (C=O) groups is 1. The van der Waals surface area contributed by atoms with E-state index < -0.39 is 0 Å². The van der Waals surface area contributed by atoms with Gasteiger partial charge in [0.2, 0.25) is 0 Å². The Kier molecular flexibility index (Phi) is 4.90. The van der Waals surface area contributed by atoms with Crippen molar-refractivity contribution in [2.75, 3.05) is 32.9 Å². The van der Waals surface area contributed by atoms with E-state index in [9.17, 15) is 4.79 Å². The molecule has 1 fully saturated rings. The third kappa shape index (κ3) is 3.53. The second kappa shape index (κ2) is 6.88. The quantitative estimate of drug-likeness (QED) is 0.776. The third-order valence-corrected chi connectivity index (χ3v) is 2.77. The zero-order valence-corrected chi connectivity index (χ0v) is 10.6. The lowest BCUT2D eigenvalue weighted by Crippen LogP contribution is -2.41. The standard InChI is InChI=1S/C14H16N2O3/c17-9-2-1-4-12-5-3-6-15-13(12)14(18)16-7-10-19-11-8-16/h3,5-6,17H,2,7-11H2. The molecule has 0 atom stereocenters. The van der Waals surface area contributed by atoms with E-state index in [1.165, 1.54) is 0 Å². The molecule has 2 heterocycles. The van der Waals surface area contributed by atoms with Gasteiger partial charge in [0.05, 0.1) is 25.4 Å². The molecule has 1 saturated heterocycles. The van der Waals surface area contributed by atoms with Crippen LogP contribution in [0.2, 0.25) is 0 Å². The van der Waals surface area contributed by atoms with Crippen molar-refractivity contribution >= 4 is 5.91 Å². The monoisotopic (exact) mass is 260 g/mol. The van der Waals surface area contributed by atoms with Gasteiger partial charge in [0.1, 0.15) is 5.69 Å². The highest BCUT2D eigenvalue weighted by Gasteiger charge is 2.21. The first-order chi connectivity index (χ1) is 9.33. The number of amides is 1. The molecule has 1 aromatic rings. The van der Waals surface area contributed by atoms with Gasteiger partial charge in [-0.1, -0.05) is 11.8 Å². The number of aromatic nitrogens is 1. The van der Waals surface area contributed by atoms with Crippen LogP contribution in [0.3, 0.4) is 0 Å². The second-order valence-electron chi connectivity index (χ2n) is 4.08. The fraction of sp³-hybridized carbons (Fsp3) is 0.429. The van der Waals surface area contributed by atoms with E-state index in [-0.39, 0.29) is 12.5 Å². The Morgan fingerprint density at radius 1 is 1.47 bits per heavy atom. The SMILES string of the molecule is O=C(c1ncccc1C#CCCO)N1CCOCC1. The van der Waals surface area contributed by atoms with Gasteiger partial charge in [-0.25, -0.2) is 4.98 Å². The molecule has 19 heavy (non-hydrogen) atoms. The summed E-state index contributed by atoms with van der Waals surface area (Å²) in [6.45, 7) is 2.30. The first-order valence-electron chi connectivity index (χ1n) is 6.24. The Labute approximate surface area is 112 Å². The van der Waals surface area contributed by atoms with Crippen LogP contribution in [-0.2, 0) is 4.74 Å². The van der Waals surface area contributed by atoms with Crippen LogP contribution in [0.15, 0.2) is 18.3 Å². The number of carbonyl (C=O) groups excluding carboxylic acids is 1. The predicted octanol–water partition coefficient (Wildman–Crippen LogP) is 0.288. The van der Waals surface area contributed by atoms with E-state index in [0.29, 0.717) is 44.0 Å². The maximum Gasteiger partial charge on any atom is 0.273 e. The molecule has 0 radical (unpaired) electrons. The summed E-state index contributed by atoms with van der Waals surface area (Å²) < 4.78 is 5.23. The van der Waals surface area contributed by atoms with E-state index in [1.54, 1.807) is 23.2 Å². The van der Waals surface area contributed by atoms with Gasteiger partial charge in [-0.15, -0.1) is 0 Å². The first-order valence-corrected chi connectivity index (χ1v) is 6.24. The zero-order valence-electron chi connectivity index (χ0n) is 10.6. The van der Waals surface area contributed by atoms with E-state index in [2.05, 4.69) is 16.8 Å². The molecule has 0 aromatic carbocycles. The summed E-state index contributed by atoms with van der Waals surface area (Å²) in [7, 11) is 0. The van der Waals surface area contributed by atoms with Crippen molar-refractivity contribution in [2.45, 2.75) is 6.42 Å². The van der Waals surface area contributed by atoms with Crippen LogP contribution < -0.4 is 0 Å². The number of aliphatic hydroxyl groups excluding tert-OH is 1. The highest BCUT2D eigenvalue weighted by Crippen LogP contribution is 2.09. The lowest BCUT2D eigenvalue weighted by atomic mass is 10.1. The van der Waals surface area contributed by atoms with Crippen LogP contribution >= 0.6 is 0 Å². The number of aliphatic hydroxyl groups is 1. The average molecular weight is 260 g/mol. The molecule has 0 saturated carbocycles. The van der Waals surface area contributed by atoms with Crippen LogP contribution in [-0.4, -0.2) is 53.8 Å².